The van der Waals surface area contributed by atoms with Crippen molar-refractivity contribution in [3.8, 4) is 0 Å². The predicted molar refractivity (Wildman–Crippen MR) is 103 cm³/mol. The van der Waals surface area contributed by atoms with Crippen LogP contribution in [0.3, 0.4) is 0 Å². The largest absolute Gasteiger partial charge is 0.417 e. The Hall–Kier alpha value is -1.54. The molecule has 1 N–H and O–H groups in total. The summed E-state index contributed by atoms with van der Waals surface area (Å²) < 4.78 is 38.5. The van der Waals surface area contributed by atoms with Gasteiger partial charge in [0.1, 0.15) is 5.82 Å². The molecule has 1 amide bonds. The summed E-state index contributed by atoms with van der Waals surface area (Å²) in [5.74, 6) is 0.545. The number of carbonyl (C=O) groups excluding carboxylic acids is 1. The third-order valence-electron chi connectivity index (χ3n) is 6.82. The first kappa shape index (κ1) is 20.7. The van der Waals surface area contributed by atoms with Crippen molar-refractivity contribution in [3.63, 3.8) is 0 Å². The number of carbonyl (C=O) groups is 1. The van der Waals surface area contributed by atoms with Gasteiger partial charge in [-0.1, -0.05) is 11.6 Å². The SMILES string of the molecule is O=C1N(C2CCC(O)CC2)CCC12CCN(c1ncc(C(F)(F)F)cc1Cl)CC2. The zero-order valence-corrected chi connectivity index (χ0v) is 16.8. The van der Waals surface area contributed by atoms with E-state index in [0.717, 1.165) is 50.9 Å². The van der Waals surface area contributed by atoms with Gasteiger partial charge in [-0.05, 0) is 51.0 Å². The molecule has 160 valence electrons. The molecule has 3 fully saturated rings. The Bertz CT molecular complexity index is 773. The van der Waals surface area contributed by atoms with Crippen LogP contribution in [-0.2, 0) is 11.0 Å². The van der Waals surface area contributed by atoms with Crippen molar-refractivity contribution in [1.82, 2.24) is 9.88 Å². The van der Waals surface area contributed by atoms with Gasteiger partial charge in [-0.2, -0.15) is 13.2 Å². The molecule has 1 spiro atoms. The van der Waals surface area contributed by atoms with E-state index in [9.17, 15) is 23.1 Å². The summed E-state index contributed by atoms with van der Waals surface area (Å²) in [7, 11) is 0. The van der Waals surface area contributed by atoms with Gasteiger partial charge in [0, 0.05) is 31.9 Å². The maximum Gasteiger partial charge on any atom is 0.417 e. The summed E-state index contributed by atoms with van der Waals surface area (Å²) in [5, 5.41) is 9.69. The third kappa shape index (κ3) is 3.93. The molecule has 29 heavy (non-hydrogen) atoms. The number of likely N-dealkylation sites (tertiary alicyclic amines) is 1. The second kappa shape index (κ2) is 7.61. The highest BCUT2D eigenvalue weighted by molar-refractivity contribution is 6.33. The van der Waals surface area contributed by atoms with Gasteiger partial charge in [0.25, 0.3) is 0 Å². The summed E-state index contributed by atoms with van der Waals surface area (Å²) in [6.45, 7) is 1.83. The predicted octanol–water partition coefficient (Wildman–Crippen LogP) is 3.88. The fraction of sp³-hybridized carbons (Fsp3) is 0.700. The van der Waals surface area contributed by atoms with Crippen molar-refractivity contribution in [3.05, 3.63) is 22.8 Å². The summed E-state index contributed by atoms with van der Waals surface area (Å²) in [6.07, 6.45) is 1.38. The van der Waals surface area contributed by atoms with Crippen LogP contribution in [0.2, 0.25) is 5.02 Å². The van der Waals surface area contributed by atoms with Crippen LogP contribution >= 0.6 is 11.6 Å². The second-order valence-electron chi connectivity index (χ2n) is 8.51. The van der Waals surface area contributed by atoms with Crippen molar-refractivity contribution >= 4 is 23.3 Å². The van der Waals surface area contributed by atoms with Crippen molar-refractivity contribution in [2.45, 2.75) is 63.3 Å². The fourth-order valence-electron chi connectivity index (χ4n) is 4.99. The zero-order valence-electron chi connectivity index (χ0n) is 16.1. The Labute approximate surface area is 172 Å². The Morgan fingerprint density at radius 3 is 2.31 bits per heavy atom. The summed E-state index contributed by atoms with van der Waals surface area (Å²) in [4.78, 5) is 21.0. The molecule has 0 radical (unpaired) electrons. The van der Waals surface area contributed by atoms with Crippen LogP contribution < -0.4 is 4.90 Å². The molecular weight excluding hydrogens is 407 g/mol. The first-order chi connectivity index (χ1) is 13.7. The molecule has 0 aromatic carbocycles. The van der Waals surface area contributed by atoms with E-state index in [2.05, 4.69) is 4.98 Å². The maximum atomic E-state index is 13.2. The van der Waals surface area contributed by atoms with Crippen LogP contribution in [0.15, 0.2) is 12.3 Å². The molecule has 0 bridgehead atoms. The van der Waals surface area contributed by atoms with E-state index in [1.54, 1.807) is 0 Å². The van der Waals surface area contributed by atoms with E-state index in [1.807, 2.05) is 9.80 Å². The molecular formula is C20H25ClF3N3O2. The lowest BCUT2D eigenvalue weighted by Crippen LogP contribution is -2.47. The van der Waals surface area contributed by atoms with Crippen LogP contribution in [0.1, 0.15) is 50.5 Å². The van der Waals surface area contributed by atoms with E-state index in [-0.39, 0.29) is 28.5 Å². The normalized spacial score (nSPS) is 27.7. The lowest BCUT2D eigenvalue weighted by Gasteiger charge is -2.40. The molecule has 9 heteroatoms. The number of aliphatic hydroxyl groups excluding tert-OH is 1. The van der Waals surface area contributed by atoms with E-state index in [1.165, 1.54) is 0 Å². The number of nitrogens with zero attached hydrogens (tertiary/aromatic N) is 3. The number of alkyl halides is 3. The number of aromatic nitrogens is 1. The van der Waals surface area contributed by atoms with Gasteiger partial charge in [0.15, 0.2) is 0 Å². The van der Waals surface area contributed by atoms with Crippen LogP contribution in [0.25, 0.3) is 0 Å². The molecule has 2 saturated heterocycles. The number of hydrogen-bond acceptors (Lipinski definition) is 4. The van der Waals surface area contributed by atoms with E-state index >= 15 is 0 Å². The number of amides is 1. The minimum Gasteiger partial charge on any atom is -0.393 e. The molecule has 4 rings (SSSR count). The average molecular weight is 432 g/mol. The minimum absolute atomic E-state index is 0.0177. The van der Waals surface area contributed by atoms with E-state index in [4.69, 9.17) is 11.6 Å². The van der Waals surface area contributed by atoms with Gasteiger partial charge < -0.3 is 14.9 Å². The Morgan fingerprint density at radius 2 is 1.72 bits per heavy atom. The monoisotopic (exact) mass is 431 g/mol. The Kier molecular flexibility index (Phi) is 5.44. The van der Waals surface area contributed by atoms with Crippen molar-refractivity contribution in [1.29, 1.82) is 0 Å². The summed E-state index contributed by atoms with van der Waals surface area (Å²) in [6, 6.07) is 1.13. The smallest absolute Gasteiger partial charge is 0.393 e. The molecule has 3 heterocycles. The molecule has 1 saturated carbocycles. The summed E-state index contributed by atoms with van der Waals surface area (Å²) in [5.41, 5.74) is -1.25. The molecule has 1 aliphatic carbocycles. The zero-order chi connectivity index (χ0) is 20.8. The Morgan fingerprint density at radius 1 is 1.10 bits per heavy atom. The molecule has 2 aliphatic heterocycles. The number of hydrogen-bond donors (Lipinski definition) is 1. The molecule has 3 aliphatic rings. The second-order valence-corrected chi connectivity index (χ2v) is 8.91. The standard InChI is InChI=1S/C20H25ClF3N3O2/c21-16-11-13(20(22,23)24)12-25-17(16)26-8-5-19(6-9-26)7-10-27(18(19)29)14-1-3-15(28)4-2-14/h11-12,14-15,28H,1-10H2. The number of anilines is 1. The van der Waals surface area contributed by atoms with Crippen molar-refractivity contribution < 1.29 is 23.1 Å². The van der Waals surface area contributed by atoms with Crippen LogP contribution in [0.5, 0.6) is 0 Å². The third-order valence-corrected chi connectivity index (χ3v) is 7.10. The number of aliphatic hydroxyl groups is 1. The first-order valence-corrected chi connectivity index (χ1v) is 10.5. The van der Waals surface area contributed by atoms with Crippen LogP contribution in [-0.4, -0.2) is 52.7 Å². The molecule has 1 aromatic rings. The fourth-order valence-corrected chi connectivity index (χ4v) is 5.28. The highest BCUT2D eigenvalue weighted by atomic mass is 35.5. The van der Waals surface area contributed by atoms with Crippen LogP contribution in [0, 0.1) is 5.41 Å². The highest BCUT2D eigenvalue weighted by Gasteiger charge is 2.50. The lowest BCUT2D eigenvalue weighted by atomic mass is 9.77. The quantitative estimate of drug-likeness (QED) is 0.772. The van der Waals surface area contributed by atoms with Crippen LogP contribution in [0.4, 0.5) is 19.0 Å². The maximum absolute atomic E-state index is 13.2. The molecule has 1 aromatic heterocycles. The highest BCUT2D eigenvalue weighted by Crippen LogP contribution is 2.45. The first-order valence-electron chi connectivity index (χ1n) is 10.2. The van der Waals surface area contributed by atoms with Crippen molar-refractivity contribution in [2.75, 3.05) is 24.5 Å². The van der Waals surface area contributed by atoms with E-state index in [0.29, 0.717) is 31.7 Å². The molecule has 0 atom stereocenters. The summed E-state index contributed by atoms with van der Waals surface area (Å²) >= 11 is 6.09. The van der Waals surface area contributed by atoms with Crippen molar-refractivity contribution in [2.24, 2.45) is 5.41 Å². The average Bonchev–Trinajstić information content (AvgIpc) is 2.99. The van der Waals surface area contributed by atoms with Gasteiger partial charge >= 0.3 is 6.18 Å². The lowest BCUT2D eigenvalue weighted by molar-refractivity contribution is -0.140. The minimum atomic E-state index is -4.48. The van der Waals surface area contributed by atoms with Gasteiger partial charge in [-0.3, -0.25) is 4.79 Å². The van der Waals surface area contributed by atoms with Gasteiger partial charge in [0.2, 0.25) is 5.91 Å². The Balaban J connectivity index is 1.41. The molecule has 5 nitrogen and oxygen atoms in total. The number of rotatable bonds is 2. The number of piperidine rings is 1. The number of halogens is 4. The van der Waals surface area contributed by atoms with Gasteiger partial charge in [0.05, 0.1) is 22.1 Å². The van der Waals surface area contributed by atoms with Gasteiger partial charge in [-0.25, -0.2) is 4.98 Å². The number of pyridine rings is 1. The van der Waals surface area contributed by atoms with Gasteiger partial charge in [-0.15, -0.1) is 0 Å². The molecule has 0 unspecified atom stereocenters. The topological polar surface area (TPSA) is 56.7 Å². The van der Waals surface area contributed by atoms with E-state index < -0.39 is 11.7 Å².